The van der Waals surface area contributed by atoms with Crippen molar-refractivity contribution in [1.82, 2.24) is 10.2 Å². The highest BCUT2D eigenvalue weighted by Gasteiger charge is 2.20. The molecule has 1 aromatic rings. The minimum atomic E-state index is 0.715. The van der Waals surface area contributed by atoms with Crippen LogP contribution in [0.1, 0.15) is 12.8 Å². The van der Waals surface area contributed by atoms with Crippen LogP contribution in [0.2, 0.25) is 0 Å². The maximum Gasteiger partial charge on any atom is 0.0452 e. The molecule has 0 saturated carbocycles. The topological polar surface area (TPSA) is 15.3 Å². The summed E-state index contributed by atoms with van der Waals surface area (Å²) >= 11 is 0. The lowest BCUT2D eigenvalue weighted by molar-refractivity contribution is 0.280. The Morgan fingerprint density at radius 3 is 2.62 bits per heavy atom. The molecule has 1 aliphatic heterocycles. The fourth-order valence-corrected chi connectivity index (χ4v) is 2.67. The van der Waals surface area contributed by atoms with Gasteiger partial charge in [-0.05, 0) is 31.2 Å². The first kappa shape index (κ1) is 9.91. The van der Waals surface area contributed by atoms with Gasteiger partial charge in [-0.25, -0.2) is 0 Å². The maximum absolute atomic E-state index is 3.37. The van der Waals surface area contributed by atoms with Gasteiger partial charge in [0.05, 0.1) is 0 Å². The Morgan fingerprint density at radius 1 is 1.19 bits per heavy atom. The molecule has 1 fully saturated rings. The number of hydrogen-bond donors (Lipinski definition) is 1. The SMILES string of the molecule is CNC1CCN(C2=c3ccccc3=C2)CC1. The van der Waals surface area contributed by atoms with Crippen LogP contribution in [0.3, 0.4) is 0 Å². The normalized spacial score (nSPS) is 20.1. The van der Waals surface area contributed by atoms with Crippen molar-refractivity contribution in [2.24, 2.45) is 0 Å². The van der Waals surface area contributed by atoms with E-state index in [-0.39, 0.29) is 0 Å². The molecular formula is C14H18N2. The summed E-state index contributed by atoms with van der Waals surface area (Å²) in [7, 11) is 2.07. The molecule has 1 N–H and O–H groups in total. The van der Waals surface area contributed by atoms with Crippen molar-refractivity contribution >= 4 is 11.8 Å². The standard InChI is InChI=1S/C14H18N2/c1-15-12-6-8-16(9-7-12)14-10-11-4-2-3-5-13(11)14/h2-5,10,12,15H,6-9H2,1H3. The Labute approximate surface area is 96.3 Å². The van der Waals surface area contributed by atoms with Crippen molar-refractivity contribution in [2.45, 2.75) is 18.9 Å². The Balaban J connectivity index is 1.79. The van der Waals surface area contributed by atoms with Crippen LogP contribution in [0.5, 0.6) is 0 Å². The van der Waals surface area contributed by atoms with E-state index in [1.807, 2.05) is 0 Å². The average Bonchev–Trinajstić information content (AvgIpc) is 2.32. The largest absolute Gasteiger partial charge is 0.371 e. The molecule has 2 heteroatoms. The van der Waals surface area contributed by atoms with Gasteiger partial charge in [-0.2, -0.15) is 0 Å². The van der Waals surface area contributed by atoms with Gasteiger partial charge in [0.2, 0.25) is 0 Å². The lowest BCUT2D eigenvalue weighted by Crippen LogP contribution is -2.46. The molecule has 1 aliphatic carbocycles. The molecule has 0 radical (unpaired) electrons. The second-order valence-corrected chi connectivity index (χ2v) is 4.67. The Morgan fingerprint density at radius 2 is 1.94 bits per heavy atom. The highest BCUT2D eigenvalue weighted by molar-refractivity contribution is 5.80. The number of fused-ring (bicyclic) bond motifs is 1. The van der Waals surface area contributed by atoms with Crippen molar-refractivity contribution in [3.63, 3.8) is 0 Å². The number of nitrogens with zero attached hydrogens (tertiary/aromatic N) is 1. The van der Waals surface area contributed by atoms with Crippen molar-refractivity contribution in [3.05, 3.63) is 34.7 Å². The fraction of sp³-hybridized carbons (Fsp3) is 0.429. The highest BCUT2D eigenvalue weighted by Crippen LogP contribution is 2.17. The first-order valence-corrected chi connectivity index (χ1v) is 6.12. The first-order valence-electron chi connectivity index (χ1n) is 6.12. The molecule has 1 aromatic carbocycles. The summed E-state index contributed by atoms with van der Waals surface area (Å²) in [4.78, 5) is 2.52. The molecule has 0 bridgehead atoms. The molecule has 1 heterocycles. The van der Waals surface area contributed by atoms with Crippen LogP contribution in [0, 0.1) is 0 Å². The molecule has 1 saturated heterocycles. The fourth-order valence-electron chi connectivity index (χ4n) is 2.67. The monoisotopic (exact) mass is 214 g/mol. The summed E-state index contributed by atoms with van der Waals surface area (Å²) in [5, 5.41) is 6.20. The van der Waals surface area contributed by atoms with Crippen LogP contribution in [0.4, 0.5) is 0 Å². The van der Waals surface area contributed by atoms with Gasteiger partial charge in [-0.1, -0.05) is 24.3 Å². The van der Waals surface area contributed by atoms with E-state index in [4.69, 9.17) is 0 Å². The van der Waals surface area contributed by atoms with Gasteiger partial charge in [0.15, 0.2) is 0 Å². The first-order chi connectivity index (χ1) is 7.88. The summed E-state index contributed by atoms with van der Waals surface area (Å²) in [6.07, 6.45) is 4.83. The van der Waals surface area contributed by atoms with Gasteiger partial charge in [0.1, 0.15) is 0 Å². The van der Waals surface area contributed by atoms with Crippen molar-refractivity contribution in [1.29, 1.82) is 0 Å². The van der Waals surface area contributed by atoms with E-state index >= 15 is 0 Å². The van der Waals surface area contributed by atoms with Crippen LogP contribution >= 0.6 is 0 Å². The van der Waals surface area contributed by atoms with Gasteiger partial charge in [0, 0.05) is 30.0 Å². The highest BCUT2D eigenvalue weighted by atomic mass is 15.2. The van der Waals surface area contributed by atoms with Crippen molar-refractivity contribution < 1.29 is 0 Å². The van der Waals surface area contributed by atoms with Gasteiger partial charge >= 0.3 is 0 Å². The molecule has 0 spiro atoms. The molecule has 2 nitrogen and oxygen atoms in total. The molecule has 16 heavy (non-hydrogen) atoms. The predicted octanol–water partition coefficient (Wildman–Crippen LogP) is 0.273. The number of rotatable bonds is 2. The lowest BCUT2D eigenvalue weighted by atomic mass is 10.00. The zero-order valence-electron chi connectivity index (χ0n) is 9.74. The van der Waals surface area contributed by atoms with Crippen LogP contribution in [0.25, 0.3) is 11.8 Å². The smallest absolute Gasteiger partial charge is 0.0452 e. The Bertz CT molecular complexity index is 496. The molecule has 0 aromatic heterocycles. The van der Waals surface area contributed by atoms with Crippen LogP contribution in [-0.2, 0) is 0 Å². The van der Waals surface area contributed by atoms with Gasteiger partial charge in [-0.15, -0.1) is 0 Å². The number of benzene rings is 1. The van der Waals surface area contributed by atoms with Crippen LogP contribution in [0.15, 0.2) is 24.3 Å². The second kappa shape index (κ2) is 3.95. The molecule has 0 atom stereocenters. The summed E-state index contributed by atoms with van der Waals surface area (Å²) in [6.45, 7) is 2.37. The molecule has 3 rings (SSSR count). The summed E-state index contributed by atoms with van der Waals surface area (Å²) in [5.74, 6) is 0. The predicted molar refractivity (Wildman–Crippen MR) is 67.2 cm³/mol. The number of likely N-dealkylation sites (tertiary alicyclic amines) is 1. The Kier molecular flexibility index (Phi) is 2.44. The van der Waals surface area contributed by atoms with Crippen molar-refractivity contribution in [2.75, 3.05) is 20.1 Å². The summed E-state index contributed by atoms with van der Waals surface area (Å²) < 4.78 is 0. The third-order valence-corrected chi connectivity index (χ3v) is 3.77. The minimum Gasteiger partial charge on any atom is -0.371 e. The minimum absolute atomic E-state index is 0.715. The number of hydrogen-bond acceptors (Lipinski definition) is 2. The Hall–Kier alpha value is -1.28. The van der Waals surface area contributed by atoms with Gasteiger partial charge in [0.25, 0.3) is 0 Å². The van der Waals surface area contributed by atoms with E-state index in [2.05, 4.69) is 47.6 Å². The third-order valence-electron chi connectivity index (χ3n) is 3.77. The summed E-state index contributed by atoms with van der Waals surface area (Å²) in [5.41, 5.74) is 1.45. The molecule has 0 amide bonds. The summed E-state index contributed by atoms with van der Waals surface area (Å²) in [6, 6.07) is 9.38. The van der Waals surface area contributed by atoms with E-state index in [0.717, 1.165) is 0 Å². The molecule has 2 aliphatic rings. The third kappa shape index (κ3) is 1.54. The van der Waals surface area contributed by atoms with Crippen molar-refractivity contribution in [3.8, 4) is 0 Å². The zero-order chi connectivity index (χ0) is 11.0. The van der Waals surface area contributed by atoms with E-state index in [9.17, 15) is 0 Å². The maximum atomic E-state index is 3.37. The van der Waals surface area contributed by atoms with Crippen LogP contribution in [-0.4, -0.2) is 31.1 Å². The molecule has 0 unspecified atom stereocenters. The van der Waals surface area contributed by atoms with E-state index in [1.165, 1.54) is 42.1 Å². The average molecular weight is 214 g/mol. The van der Waals surface area contributed by atoms with Gasteiger partial charge < -0.3 is 10.2 Å². The zero-order valence-corrected chi connectivity index (χ0v) is 9.74. The molecule has 84 valence electrons. The number of piperidine rings is 1. The second-order valence-electron chi connectivity index (χ2n) is 4.67. The van der Waals surface area contributed by atoms with E-state index in [0.29, 0.717) is 6.04 Å². The van der Waals surface area contributed by atoms with Gasteiger partial charge in [-0.3, -0.25) is 0 Å². The van der Waals surface area contributed by atoms with E-state index in [1.54, 1.807) is 0 Å². The van der Waals surface area contributed by atoms with Crippen LogP contribution < -0.4 is 15.8 Å². The molecular weight excluding hydrogens is 196 g/mol. The van der Waals surface area contributed by atoms with E-state index < -0.39 is 0 Å². The number of nitrogens with one attached hydrogen (secondary N) is 1. The lowest BCUT2D eigenvalue weighted by Gasteiger charge is -2.35. The quantitative estimate of drug-likeness (QED) is 0.760.